The standard InChI is InChI=1S/C31H24ClNO3/c1-36-31(35)24-11-7-8-22(18-24)20-33-28-13-6-5-12-26(28)29(30(33)34)27(23-9-3-2-4-10-23)19-21-14-16-25(32)17-15-21/h2-18H,19-20H2,1H3. The highest BCUT2D eigenvalue weighted by atomic mass is 35.5. The van der Waals surface area contributed by atoms with Gasteiger partial charge in [0.1, 0.15) is 0 Å². The number of rotatable bonds is 6. The van der Waals surface area contributed by atoms with E-state index < -0.39 is 5.97 Å². The lowest BCUT2D eigenvalue weighted by Crippen LogP contribution is -2.26. The van der Waals surface area contributed by atoms with E-state index in [4.69, 9.17) is 16.3 Å². The maximum atomic E-state index is 14.1. The van der Waals surface area contributed by atoms with E-state index in [9.17, 15) is 9.59 Å². The molecule has 4 nitrogen and oxygen atoms in total. The fraction of sp³-hybridized carbons (Fsp3) is 0.0968. The minimum atomic E-state index is -0.403. The van der Waals surface area contributed by atoms with Crippen molar-refractivity contribution < 1.29 is 14.3 Å². The van der Waals surface area contributed by atoms with Crippen LogP contribution in [0, 0.1) is 0 Å². The summed E-state index contributed by atoms with van der Waals surface area (Å²) in [5.74, 6) is -0.465. The van der Waals surface area contributed by atoms with Gasteiger partial charge >= 0.3 is 5.97 Å². The number of methoxy groups -OCH3 is 1. The Labute approximate surface area is 215 Å². The number of benzene rings is 4. The van der Waals surface area contributed by atoms with Crippen LogP contribution in [-0.4, -0.2) is 19.0 Å². The van der Waals surface area contributed by atoms with E-state index in [-0.39, 0.29) is 5.91 Å². The van der Waals surface area contributed by atoms with Crippen molar-refractivity contribution in [1.29, 1.82) is 0 Å². The molecule has 0 unspecified atom stereocenters. The van der Waals surface area contributed by atoms with Crippen LogP contribution >= 0.6 is 11.6 Å². The van der Waals surface area contributed by atoms with Gasteiger partial charge in [0.25, 0.3) is 5.91 Å². The molecular weight excluding hydrogens is 470 g/mol. The first kappa shape index (κ1) is 23.6. The van der Waals surface area contributed by atoms with Crippen LogP contribution in [0.25, 0.3) is 11.1 Å². The SMILES string of the molecule is COC(=O)c1cccc(CN2C(=O)C(=C(Cc3ccc(Cl)cc3)c3ccccc3)c3ccccc32)c1. The number of hydrogen-bond donors (Lipinski definition) is 0. The fourth-order valence-electron chi connectivity index (χ4n) is 4.61. The van der Waals surface area contributed by atoms with Crippen LogP contribution < -0.4 is 4.90 Å². The smallest absolute Gasteiger partial charge is 0.337 e. The second-order valence-electron chi connectivity index (χ2n) is 8.62. The number of halogens is 1. The molecule has 0 fully saturated rings. The molecule has 4 aromatic rings. The zero-order chi connectivity index (χ0) is 25.1. The summed E-state index contributed by atoms with van der Waals surface area (Å²) >= 11 is 6.12. The minimum absolute atomic E-state index is 0.0625. The van der Waals surface area contributed by atoms with E-state index >= 15 is 0 Å². The minimum Gasteiger partial charge on any atom is -0.465 e. The Balaban J connectivity index is 1.61. The van der Waals surface area contributed by atoms with Crippen molar-refractivity contribution in [2.45, 2.75) is 13.0 Å². The molecule has 0 spiro atoms. The van der Waals surface area contributed by atoms with Crippen molar-refractivity contribution in [3.05, 3.63) is 136 Å². The van der Waals surface area contributed by atoms with Gasteiger partial charge in [0, 0.05) is 10.6 Å². The highest BCUT2D eigenvalue weighted by Gasteiger charge is 2.34. The van der Waals surface area contributed by atoms with Crippen LogP contribution in [0.1, 0.15) is 32.6 Å². The number of anilines is 1. The van der Waals surface area contributed by atoms with E-state index in [0.717, 1.165) is 33.5 Å². The Kier molecular flexibility index (Phi) is 6.70. The molecule has 0 bridgehead atoms. The van der Waals surface area contributed by atoms with Crippen molar-refractivity contribution >= 4 is 40.3 Å². The predicted molar refractivity (Wildman–Crippen MR) is 144 cm³/mol. The molecule has 1 amide bonds. The molecule has 4 aromatic carbocycles. The first-order valence-corrected chi connectivity index (χ1v) is 12.0. The molecule has 178 valence electrons. The van der Waals surface area contributed by atoms with Crippen molar-refractivity contribution in [3.63, 3.8) is 0 Å². The number of hydrogen-bond acceptors (Lipinski definition) is 3. The molecule has 0 saturated carbocycles. The third-order valence-electron chi connectivity index (χ3n) is 6.33. The van der Waals surface area contributed by atoms with Gasteiger partial charge < -0.3 is 9.64 Å². The van der Waals surface area contributed by atoms with Gasteiger partial charge in [0.2, 0.25) is 0 Å². The highest BCUT2D eigenvalue weighted by molar-refractivity contribution is 6.37. The van der Waals surface area contributed by atoms with Crippen LogP contribution in [0.15, 0.2) is 103 Å². The normalized spacial score (nSPS) is 13.9. The number of carbonyl (C=O) groups is 2. The van der Waals surface area contributed by atoms with Gasteiger partial charge in [-0.25, -0.2) is 4.79 Å². The quantitative estimate of drug-likeness (QED) is 0.218. The molecule has 0 N–H and O–H groups in total. The van der Waals surface area contributed by atoms with E-state index in [0.29, 0.717) is 29.1 Å². The predicted octanol–water partition coefficient (Wildman–Crippen LogP) is 6.83. The van der Waals surface area contributed by atoms with Gasteiger partial charge in [-0.05, 0) is 59.0 Å². The Hall–Kier alpha value is -4.15. The number of ether oxygens (including phenoxy) is 1. The maximum absolute atomic E-state index is 14.1. The van der Waals surface area contributed by atoms with Gasteiger partial charge in [0.15, 0.2) is 0 Å². The molecule has 0 saturated heterocycles. The van der Waals surface area contributed by atoms with E-state index in [1.165, 1.54) is 7.11 Å². The van der Waals surface area contributed by atoms with Gasteiger partial charge in [-0.1, -0.05) is 84.4 Å². The molecule has 1 aliphatic heterocycles. The van der Waals surface area contributed by atoms with Crippen molar-refractivity contribution in [3.8, 4) is 0 Å². The van der Waals surface area contributed by atoms with Crippen LogP contribution in [0.4, 0.5) is 5.69 Å². The third kappa shape index (κ3) is 4.68. The lowest BCUT2D eigenvalue weighted by atomic mass is 9.90. The summed E-state index contributed by atoms with van der Waals surface area (Å²) in [4.78, 5) is 27.9. The molecule has 0 aliphatic carbocycles. The van der Waals surface area contributed by atoms with Crippen molar-refractivity contribution in [2.75, 3.05) is 12.0 Å². The summed E-state index contributed by atoms with van der Waals surface area (Å²) in [5, 5.41) is 0.676. The van der Waals surface area contributed by atoms with Crippen LogP contribution in [0.2, 0.25) is 5.02 Å². The molecule has 1 heterocycles. The van der Waals surface area contributed by atoms with Gasteiger partial charge in [-0.2, -0.15) is 0 Å². The molecule has 0 radical (unpaired) electrons. The first-order valence-electron chi connectivity index (χ1n) is 11.7. The summed E-state index contributed by atoms with van der Waals surface area (Å²) in [6.45, 7) is 0.340. The second-order valence-corrected chi connectivity index (χ2v) is 9.06. The highest BCUT2D eigenvalue weighted by Crippen LogP contribution is 2.42. The number of fused-ring (bicyclic) bond motifs is 1. The lowest BCUT2D eigenvalue weighted by molar-refractivity contribution is -0.113. The van der Waals surface area contributed by atoms with Crippen LogP contribution in [0.3, 0.4) is 0 Å². The number of carbonyl (C=O) groups excluding carboxylic acids is 2. The van der Waals surface area contributed by atoms with Gasteiger partial charge in [0.05, 0.1) is 30.5 Å². The summed E-state index contributed by atoms with van der Waals surface area (Å²) in [5.41, 5.74) is 6.78. The first-order chi connectivity index (χ1) is 17.5. The largest absolute Gasteiger partial charge is 0.465 e. The molecular formula is C31H24ClNO3. The number of para-hydroxylation sites is 1. The zero-order valence-electron chi connectivity index (χ0n) is 19.8. The zero-order valence-corrected chi connectivity index (χ0v) is 20.5. The average molecular weight is 494 g/mol. The Morgan fingerprint density at radius 2 is 1.50 bits per heavy atom. The van der Waals surface area contributed by atoms with Crippen molar-refractivity contribution in [2.24, 2.45) is 0 Å². The molecule has 5 heteroatoms. The topological polar surface area (TPSA) is 46.6 Å². The third-order valence-corrected chi connectivity index (χ3v) is 6.58. The summed E-state index contributed by atoms with van der Waals surface area (Å²) in [6, 6.07) is 32.8. The summed E-state index contributed by atoms with van der Waals surface area (Å²) in [7, 11) is 1.36. The average Bonchev–Trinajstić information content (AvgIpc) is 3.19. The van der Waals surface area contributed by atoms with Gasteiger partial charge in [-0.3, -0.25) is 4.79 Å². The number of nitrogens with zero attached hydrogens (tertiary/aromatic N) is 1. The lowest BCUT2D eigenvalue weighted by Gasteiger charge is -2.18. The number of amides is 1. The Bertz CT molecular complexity index is 1460. The Morgan fingerprint density at radius 1 is 0.806 bits per heavy atom. The number of esters is 1. The second kappa shape index (κ2) is 10.2. The fourth-order valence-corrected chi connectivity index (χ4v) is 4.73. The molecule has 5 rings (SSSR count). The van der Waals surface area contributed by atoms with E-state index in [2.05, 4.69) is 0 Å². The summed E-state index contributed by atoms with van der Waals surface area (Å²) in [6.07, 6.45) is 0.586. The molecule has 0 atom stereocenters. The van der Waals surface area contributed by atoms with E-state index in [1.54, 1.807) is 23.1 Å². The Morgan fingerprint density at radius 3 is 2.25 bits per heavy atom. The summed E-state index contributed by atoms with van der Waals surface area (Å²) < 4.78 is 4.86. The van der Waals surface area contributed by atoms with Gasteiger partial charge in [-0.15, -0.1) is 0 Å². The molecule has 1 aliphatic rings. The van der Waals surface area contributed by atoms with Crippen LogP contribution in [0.5, 0.6) is 0 Å². The maximum Gasteiger partial charge on any atom is 0.337 e. The monoisotopic (exact) mass is 493 g/mol. The van der Waals surface area contributed by atoms with Crippen LogP contribution in [-0.2, 0) is 22.5 Å². The molecule has 0 aromatic heterocycles. The van der Waals surface area contributed by atoms with Crippen molar-refractivity contribution in [1.82, 2.24) is 0 Å². The van der Waals surface area contributed by atoms with E-state index in [1.807, 2.05) is 84.9 Å². The molecule has 36 heavy (non-hydrogen) atoms. The number of allylic oxidation sites excluding steroid dienone is 1.